The number of fused-ring (bicyclic) bond motifs is 1. The molecule has 3 aromatic heterocycles. The molecular formula is C20H18N6S. The van der Waals surface area contributed by atoms with E-state index in [0.717, 1.165) is 39.5 Å². The fourth-order valence-corrected chi connectivity index (χ4v) is 3.33. The number of nitrogens with zero attached hydrogens (tertiary/aromatic N) is 2. The molecule has 0 spiro atoms. The molecule has 1 aromatic carbocycles. The van der Waals surface area contributed by atoms with Crippen molar-refractivity contribution in [3.8, 4) is 22.8 Å². The van der Waals surface area contributed by atoms with Crippen LogP contribution in [0, 0.1) is 0 Å². The molecule has 3 heterocycles. The van der Waals surface area contributed by atoms with Gasteiger partial charge in [-0.1, -0.05) is 0 Å². The first-order chi connectivity index (χ1) is 13.3. The summed E-state index contributed by atoms with van der Waals surface area (Å²) in [5, 5.41) is 7.18. The first kappa shape index (κ1) is 16.0. The molecule has 0 saturated heterocycles. The predicted octanol–water partition coefficient (Wildman–Crippen LogP) is 4.07. The van der Waals surface area contributed by atoms with Gasteiger partial charge in [0.1, 0.15) is 11.4 Å². The lowest BCUT2D eigenvalue weighted by atomic mass is 10.1. The highest BCUT2D eigenvalue weighted by Gasteiger charge is 2.21. The van der Waals surface area contributed by atoms with Crippen LogP contribution in [-0.4, -0.2) is 31.1 Å². The van der Waals surface area contributed by atoms with Gasteiger partial charge in [-0.05, 0) is 67.5 Å². The zero-order valence-corrected chi connectivity index (χ0v) is 15.3. The second-order valence-corrected chi connectivity index (χ2v) is 7.07. The third-order valence-electron chi connectivity index (χ3n) is 4.54. The topological polar surface area (TPSA) is 81.4 Å². The number of nitrogens with one attached hydrogen (secondary N) is 4. The van der Waals surface area contributed by atoms with Crippen molar-refractivity contribution in [1.29, 1.82) is 0 Å². The zero-order valence-electron chi connectivity index (χ0n) is 14.5. The summed E-state index contributed by atoms with van der Waals surface area (Å²) in [6.45, 7) is 0. The zero-order chi connectivity index (χ0) is 18.2. The van der Waals surface area contributed by atoms with E-state index < -0.39 is 0 Å². The molecule has 1 aliphatic rings. The molecule has 7 heteroatoms. The van der Waals surface area contributed by atoms with E-state index in [4.69, 9.17) is 22.2 Å². The Morgan fingerprint density at radius 2 is 1.59 bits per heavy atom. The Morgan fingerprint density at radius 3 is 2.19 bits per heavy atom. The van der Waals surface area contributed by atoms with Gasteiger partial charge < -0.3 is 20.6 Å². The number of anilines is 1. The summed E-state index contributed by atoms with van der Waals surface area (Å²) in [6, 6.07) is 14.4. The summed E-state index contributed by atoms with van der Waals surface area (Å²) < 4.78 is 0. The Balaban J connectivity index is 1.56. The molecule has 0 unspecified atom stereocenters. The highest BCUT2D eigenvalue weighted by Crippen LogP contribution is 2.30. The van der Waals surface area contributed by atoms with Crippen molar-refractivity contribution in [2.45, 2.75) is 18.9 Å². The molecule has 0 aliphatic heterocycles. The number of rotatable bonds is 4. The molecule has 0 radical (unpaired) electrons. The van der Waals surface area contributed by atoms with Crippen molar-refractivity contribution in [2.24, 2.45) is 0 Å². The van der Waals surface area contributed by atoms with Gasteiger partial charge in [0.15, 0.2) is 5.11 Å². The summed E-state index contributed by atoms with van der Waals surface area (Å²) in [4.78, 5) is 16.2. The van der Waals surface area contributed by atoms with Crippen LogP contribution in [0.3, 0.4) is 0 Å². The standard InChI is InChI=1S/C20H18N6S/c27-20(23-12-5-6-12)24-13-7-8-14-17(11-13)26-19(16-4-2-10-22-16)18(25-14)15-3-1-9-21-15/h1-4,7-12,21-22H,5-6H2,(H2,23,24,27). The van der Waals surface area contributed by atoms with Gasteiger partial charge in [0.25, 0.3) is 0 Å². The number of aromatic nitrogens is 4. The summed E-state index contributed by atoms with van der Waals surface area (Å²) in [5.41, 5.74) is 6.05. The highest BCUT2D eigenvalue weighted by atomic mass is 32.1. The van der Waals surface area contributed by atoms with Crippen molar-refractivity contribution in [3.63, 3.8) is 0 Å². The second-order valence-electron chi connectivity index (χ2n) is 6.66. The van der Waals surface area contributed by atoms with Crippen molar-refractivity contribution in [3.05, 3.63) is 54.9 Å². The number of thiocarbonyl (C=S) groups is 1. The Hall–Kier alpha value is -3.19. The number of aromatic amines is 2. The lowest BCUT2D eigenvalue weighted by molar-refractivity contribution is 0.919. The van der Waals surface area contributed by atoms with Crippen molar-refractivity contribution in [1.82, 2.24) is 25.3 Å². The van der Waals surface area contributed by atoms with Gasteiger partial charge in [-0.25, -0.2) is 9.97 Å². The van der Waals surface area contributed by atoms with Crippen LogP contribution in [-0.2, 0) is 0 Å². The van der Waals surface area contributed by atoms with Crippen LogP contribution in [0.4, 0.5) is 5.69 Å². The minimum absolute atomic E-state index is 0.521. The summed E-state index contributed by atoms with van der Waals surface area (Å²) in [5.74, 6) is 0. The molecule has 0 atom stereocenters. The van der Waals surface area contributed by atoms with E-state index in [1.54, 1.807) is 0 Å². The minimum Gasteiger partial charge on any atom is -0.360 e. The maximum atomic E-state index is 5.37. The molecule has 1 saturated carbocycles. The first-order valence-corrected chi connectivity index (χ1v) is 9.34. The van der Waals surface area contributed by atoms with E-state index in [-0.39, 0.29) is 0 Å². The van der Waals surface area contributed by atoms with Crippen LogP contribution >= 0.6 is 12.2 Å². The van der Waals surface area contributed by atoms with Gasteiger partial charge in [0, 0.05) is 24.1 Å². The number of hydrogen-bond donors (Lipinski definition) is 4. The quantitative estimate of drug-likeness (QED) is 0.405. The maximum absolute atomic E-state index is 5.37. The van der Waals surface area contributed by atoms with Gasteiger partial charge in [0.05, 0.1) is 22.4 Å². The normalized spacial score (nSPS) is 13.6. The van der Waals surface area contributed by atoms with Crippen LogP contribution in [0.15, 0.2) is 54.9 Å². The largest absolute Gasteiger partial charge is 0.360 e. The number of benzene rings is 1. The van der Waals surface area contributed by atoms with Gasteiger partial charge >= 0.3 is 0 Å². The molecule has 0 bridgehead atoms. The van der Waals surface area contributed by atoms with Crippen molar-refractivity contribution < 1.29 is 0 Å². The molecule has 6 nitrogen and oxygen atoms in total. The minimum atomic E-state index is 0.521. The van der Waals surface area contributed by atoms with E-state index in [2.05, 4.69) is 20.6 Å². The third kappa shape index (κ3) is 3.29. The molecular weight excluding hydrogens is 356 g/mol. The Bertz CT molecular complexity index is 1100. The van der Waals surface area contributed by atoms with Crippen LogP contribution in [0.1, 0.15) is 12.8 Å². The summed E-state index contributed by atoms with van der Waals surface area (Å²) in [7, 11) is 0. The molecule has 27 heavy (non-hydrogen) atoms. The van der Waals surface area contributed by atoms with Gasteiger partial charge in [-0.2, -0.15) is 0 Å². The summed E-state index contributed by atoms with van der Waals surface area (Å²) >= 11 is 5.37. The number of H-pyrrole nitrogens is 2. The molecule has 4 N–H and O–H groups in total. The molecule has 1 fully saturated rings. The second kappa shape index (κ2) is 6.51. The van der Waals surface area contributed by atoms with E-state index in [0.29, 0.717) is 11.2 Å². The monoisotopic (exact) mass is 374 g/mol. The van der Waals surface area contributed by atoms with Gasteiger partial charge in [-0.3, -0.25) is 0 Å². The van der Waals surface area contributed by atoms with Crippen LogP contribution in [0.25, 0.3) is 33.8 Å². The van der Waals surface area contributed by atoms with Gasteiger partial charge in [0.2, 0.25) is 0 Å². The lowest BCUT2D eigenvalue weighted by Crippen LogP contribution is -2.30. The number of hydrogen-bond acceptors (Lipinski definition) is 3. The van der Waals surface area contributed by atoms with Crippen LogP contribution < -0.4 is 10.6 Å². The van der Waals surface area contributed by atoms with Crippen LogP contribution in [0.5, 0.6) is 0 Å². The van der Waals surface area contributed by atoms with Crippen molar-refractivity contribution in [2.75, 3.05) is 5.32 Å². The first-order valence-electron chi connectivity index (χ1n) is 8.93. The average molecular weight is 374 g/mol. The van der Waals surface area contributed by atoms with E-state index in [1.165, 1.54) is 12.8 Å². The van der Waals surface area contributed by atoms with E-state index >= 15 is 0 Å². The fraction of sp³-hybridized carbons (Fsp3) is 0.150. The molecule has 5 rings (SSSR count). The molecule has 4 aromatic rings. The fourth-order valence-electron chi connectivity index (χ4n) is 3.04. The molecule has 1 aliphatic carbocycles. The SMILES string of the molecule is S=C(Nc1ccc2nc(-c3ccc[nH]3)c(-c3ccc[nH]3)nc2c1)NC1CC1. The molecule has 0 amide bonds. The average Bonchev–Trinajstić information content (AvgIpc) is 3.15. The van der Waals surface area contributed by atoms with Crippen molar-refractivity contribution >= 4 is 34.1 Å². The Kier molecular flexibility index (Phi) is 3.86. The Labute approximate surface area is 161 Å². The maximum Gasteiger partial charge on any atom is 0.170 e. The predicted molar refractivity (Wildman–Crippen MR) is 111 cm³/mol. The highest BCUT2D eigenvalue weighted by molar-refractivity contribution is 7.80. The third-order valence-corrected chi connectivity index (χ3v) is 4.76. The van der Waals surface area contributed by atoms with Crippen LogP contribution in [0.2, 0.25) is 0 Å². The van der Waals surface area contributed by atoms with Gasteiger partial charge in [-0.15, -0.1) is 0 Å². The smallest absolute Gasteiger partial charge is 0.170 e. The molecule has 134 valence electrons. The Morgan fingerprint density at radius 1 is 0.926 bits per heavy atom. The van der Waals surface area contributed by atoms with E-state index in [1.807, 2.05) is 54.9 Å². The van der Waals surface area contributed by atoms with E-state index in [9.17, 15) is 0 Å². The lowest BCUT2D eigenvalue weighted by Gasteiger charge is -2.12. The summed E-state index contributed by atoms with van der Waals surface area (Å²) in [6.07, 6.45) is 6.15.